The Labute approximate surface area is 168 Å². The van der Waals surface area contributed by atoms with Crippen LogP contribution < -0.4 is 10.6 Å². The van der Waals surface area contributed by atoms with E-state index in [0.29, 0.717) is 24.5 Å². The van der Waals surface area contributed by atoms with Crippen molar-refractivity contribution in [2.45, 2.75) is 44.6 Å². The molecule has 0 spiro atoms. The standard InChI is InChI=1S/C20H33FN4O2S/c1-4-22-20(24-17-9-12-25(13-10-17)15-16(2)3)23-11-14-28(26,27)19-8-6-5-7-18(19)21/h5-8,16-17H,4,9-15H2,1-3H3,(H2,22,23,24). The lowest BCUT2D eigenvalue weighted by Gasteiger charge is -2.34. The Kier molecular flexibility index (Phi) is 8.69. The minimum atomic E-state index is -3.70. The van der Waals surface area contributed by atoms with E-state index in [1.807, 2.05) is 6.92 Å². The maximum atomic E-state index is 13.8. The molecule has 1 aliphatic heterocycles. The average molecular weight is 413 g/mol. The van der Waals surface area contributed by atoms with Crippen molar-refractivity contribution in [3.63, 3.8) is 0 Å². The second-order valence-corrected chi connectivity index (χ2v) is 9.70. The van der Waals surface area contributed by atoms with Gasteiger partial charge in [-0.15, -0.1) is 0 Å². The van der Waals surface area contributed by atoms with Gasteiger partial charge >= 0.3 is 0 Å². The van der Waals surface area contributed by atoms with Gasteiger partial charge in [-0.1, -0.05) is 26.0 Å². The van der Waals surface area contributed by atoms with E-state index in [1.165, 1.54) is 18.2 Å². The highest BCUT2D eigenvalue weighted by Gasteiger charge is 2.21. The molecule has 2 N–H and O–H groups in total. The molecule has 0 unspecified atom stereocenters. The van der Waals surface area contributed by atoms with E-state index in [9.17, 15) is 12.8 Å². The van der Waals surface area contributed by atoms with Crippen LogP contribution in [0.3, 0.4) is 0 Å². The van der Waals surface area contributed by atoms with Crippen LogP contribution in [0.15, 0.2) is 34.2 Å². The van der Waals surface area contributed by atoms with Crippen molar-refractivity contribution in [3.05, 3.63) is 30.1 Å². The lowest BCUT2D eigenvalue weighted by atomic mass is 10.0. The van der Waals surface area contributed by atoms with E-state index < -0.39 is 15.7 Å². The first-order valence-electron chi connectivity index (χ1n) is 10.1. The fourth-order valence-electron chi connectivity index (χ4n) is 3.37. The van der Waals surface area contributed by atoms with Gasteiger partial charge in [-0.25, -0.2) is 12.8 Å². The first-order chi connectivity index (χ1) is 13.3. The van der Waals surface area contributed by atoms with Crippen LogP contribution in [0.2, 0.25) is 0 Å². The smallest absolute Gasteiger partial charge is 0.191 e. The summed E-state index contributed by atoms with van der Waals surface area (Å²) in [5, 5.41) is 6.58. The summed E-state index contributed by atoms with van der Waals surface area (Å²) in [5.41, 5.74) is 0. The van der Waals surface area contributed by atoms with Gasteiger partial charge in [-0.05, 0) is 37.8 Å². The van der Waals surface area contributed by atoms with Gasteiger partial charge in [0.15, 0.2) is 15.8 Å². The molecule has 1 aromatic rings. The van der Waals surface area contributed by atoms with Crippen molar-refractivity contribution in [2.24, 2.45) is 10.9 Å². The molecule has 1 saturated heterocycles. The lowest BCUT2D eigenvalue weighted by Crippen LogP contribution is -2.49. The highest BCUT2D eigenvalue weighted by atomic mass is 32.2. The van der Waals surface area contributed by atoms with Crippen LogP contribution in [-0.2, 0) is 9.84 Å². The molecule has 2 rings (SSSR count). The maximum absolute atomic E-state index is 13.8. The van der Waals surface area contributed by atoms with E-state index in [1.54, 1.807) is 0 Å². The largest absolute Gasteiger partial charge is 0.357 e. The molecule has 28 heavy (non-hydrogen) atoms. The summed E-state index contributed by atoms with van der Waals surface area (Å²) in [6.07, 6.45) is 2.06. The second-order valence-electron chi connectivity index (χ2n) is 7.62. The zero-order chi connectivity index (χ0) is 20.6. The van der Waals surface area contributed by atoms with Crippen LogP contribution in [0, 0.1) is 11.7 Å². The van der Waals surface area contributed by atoms with Crippen LogP contribution in [0.4, 0.5) is 4.39 Å². The Morgan fingerprint density at radius 3 is 2.57 bits per heavy atom. The van der Waals surface area contributed by atoms with Crippen LogP contribution in [0.1, 0.15) is 33.6 Å². The van der Waals surface area contributed by atoms with Crippen molar-refractivity contribution in [2.75, 3.05) is 38.5 Å². The van der Waals surface area contributed by atoms with Gasteiger partial charge in [0, 0.05) is 32.2 Å². The molecule has 1 heterocycles. The molecule has 0 aromatic heterocycles. The summed E-state index contributed by atoms with van der Waals surface area (Å²) < 4.78 is 38.5. The van der Waals surface area contributed by atoms with E-state index in [0.717, 1.165) is 38.5 Å². The number of guanidine groups is 1. The van der Waals surface area contributed by atoms with Crippen molar-refractivity contribution in [3.8, 4) is 0 Å². The third kappa shape index (κ3) is 7.05. The molecule has 0 bridgehead atoms. The minimum absolute atomic E-state index is 0.0815. The van der Waals surface area contributed by atoms with Gasteiger partial charge < -0.3 is 15.5 Å². The Morgan fingerprint density at radius 1 is 1.29 bits per heavy atom. The van der Waals surface area contributed by atoms with Gasteiger partial charge in [-0.2, -0.15) is 0 Å². The predicted octanol–water partition coefficient (Wildman–Crippen LogP) is 2.27. The highest BCUT2D eigenvalue weighted by Crippen LogP contribution is 2.15. The van der Waals surface area contributed by atoms with Gasteiger partial charge in [0.2, 0.25) is 0 Å². The zero-order valence-corrected chi connectivity index (χ0v) is 17.9. The van der Waals surface area contributed by atoms with Crippen molar-refractivity contribution >= 4 is 15.8 Å². The van der Waals surface area contributed by atoms with Crippen LogP contribution >= 0.6 is 0 Å². The Hall–Kier alpha value is -1.67. The molecular weight excluding hydrogens is 379 g/mol. The number of likely N-dealkylation sites (tertiary alicyclic amines) is 1. The number of nitrogens with one attached hydrogen (secondary N) is 2. The summed E-state index contributed by atoms with van der Waals surface area (Å²) in [5.74, 6) is 0.343. The number of piperidine rings is 1. The second kappa shape index (κ2) is 10.8. The zero-order valence-electron chi connectivity index (χ0n) is 17.1. The lowest BCUT2D eigenvalue weighted by molar-refractivity contribution is 0.187. The number of aliphatic imine (C=N–C) groups is 1. The topological polar surface area (TPSA) is 73.8 Å². The number of hydrogen-bond donors (Lipinski definition) is 2. The van der Waals surface area contributed by atoms with E-state index in [4.69, 9.17) is 0 Å². The Balaban J connectivity index is 1.90. The van der Waals surface area contributed by atoms with Gasteiger partial charge in [-0.3, -0.25) is 4.99 Å². The normalized spacial score (nSPS) is 17.1. The molecule has 1 fully saturated rings. The molecule has 158 valence electrons. The minimum Gasteiger partial charge on any atom is -0.357 e. The van der Waals surface area contributed by atoms with Gasteiger partial charge in [0.05, 0.1) is 12.3 Å². The quantitative estimate of drug-likeness (QED) is 0.506. The molecule has 1 aliphatic rings. The first kappa shape index (κ1) is 22.6. The Morgan fingerprint density at radius 2 is 1.96 bits per heavy atom. The summed E-state index contributed by atoms with van der Waals surface area (Å²) in [7, 11) is -3.70. The molecule has 0 radical (unpaired) electrons. The summed E-state index contributed by atoms with van der Waals surface area (Å²) in [6, 6.07) is 5.78. The van der Waals surface area contributed by atoms with Crippen LogP contribution in [0.25, 0.3) is 0 Å². The summed E-state index contributed by atoms with van der Waals surface area (Å²) in [6.45, 7) is 10.4. The van der Waals surface area contributed by atoms with Crippen molar-refractivity contribution < 1.29 is 12.8 Å². The number of rotatable bonds is 8. The van der Waals surface area contributed by atoms with Crippen LogP contribution in [0.5, 0.6) is 0 Å². The maximum Gasteiger partial charge on any atom is 0.191 e. The van der Waals surface area contributed by atoms with E-state index in [-0.39, 0.29) is 17.2 Å². The molecule has 6 nitrogen and oxygen atoms in total. The van der Waals surface area contributed by atoms with Crippen LogP contribution in [-0.4, -0.2) is 63.8 Å². The van der Waals surface area contributed by atoms with Crippen molar-refractivity contribution in [1.29, 1.82) is 0 Å². The summed E-state index contributed by atoms with van der Waals surface area (Å²) >= 11 is 0. The fourth-order valence-corrected chi connectivity index (χ4v) is 4.58. The molecule has 0 amide bonds. The first-order valence-corrected chi connectivity index (χ1v) is 11.7. The number of sulfone groups is 1. The monoisotopic (exact) mass is 412 g/mol. The molecule has 8 heteroatoms. The molecule has 0 saturated carbocycles. The fraction of sp³-hybridized carbons (Fsp3) is 0.650. The molecule has 0 aliphatic carbocycles. The summed E-state index contributed by atoms with van der Waals surface area (Å²) in [4.78, 5) is 6.61. The third-order valence-corrected chi connectivity index (χ3v) is 6.42. The predicted molar refractivity (Wildman–Crippen MR) is 112 cm³/mol. The van der Waals surface area contributed by atoms with Crippen molar-refractivity contribution in [1.82, 2.24) is 15.5 Å². The molecule has 1 aromatic carbocycles. The van der Waals surface area contributed by atoms with E-state index in [2.05, 4.69) is 34.4 Å². The molecular formula is C20H33FN4O2S. The van der Waals surface area contributed by atoms with Gasteiger partial charge in [0.1, 0.15) is 10.7 Å². The van der Waals surface area contributed by atoms with Gasteiger partial charge in [0.25, 0.3) is 0 Å². The number of nitrogens with zero attached hydrogens (tertiary/aromatic N) is 2. The highest BCUT2D eigenvalue weighted by molar-refractivity contribution is 7.91. The number of hydrogen-bond acceptors (Lipinski definition) is 4. The number of halogens is 1. The third-order valence-electron chi connectivity index (χ3n) is 4.70. The SMILES string of the molecule is CCNC(=NCCS(=O)(=O)c1ccccc1F)NC1CCN(CC(C)C)CC1. The number of benzene rings is 1. The average Bonchev–Trinajstić information content (AvgIpc) is 2.63. The van der Waals surface area contributed by atoms with E-state index >= 15 is 0 Å². The Bertz CT molecular complexity index is 744. The molecule has 0 atom stereocenters.